The maximum atomic E-state index is 6.01. The van der Waals surface area contributed by atoms with Crippen LogP contribution in [-0.4, -0.2) is 18.5 Å². The zero-order valence-corrected chi connectivity index (χ0v) is 10.2. The molecule has 0 saturated heterocycles. The molecule has 1 aromatic heterocycles. The molecule has 0 aliphatic carbocycles. The molecule has 0 unspecified atom stereocenters. The monoisotopic (exact) mass is 237 g/mol. The fourth-order valence-corrected chi connectivity index (χ4v) is 3.81. The second-order valence-corrected chi connectivity index (χ2v) is 5.71. The highest BCUT2D eigenvalue weighted by Gasteiger charge is 2.18. The van der Waals surface area contributed by atoms with Gasteiger partial charge in [0.05, 0.1) is 0 Å². The summed E-state index contributed by atoms with van der Waals surface area (Å²) in [4.78, 5) is 3.89. The summed E-state index contributed by atoms with van der Waals surface area (Å²) in [7, 11) is 2.18. The number of benzene rings is 1. The number of likely N-dealkylation sites (N-methyl/N-ethyl adjacent to an activating group) is 1. The van der Waals surface area contributed by atoms with Crippen LogP contribution in [0.15, 0.2) is 18.2 Å². The van der Waals surface area contributed by atoms with Gasteiger partial charge >= 0.3 is 0 Å². The number of fused-ring (bicyclic) bond motifs is 3. The lowest BCUT2D eigenvalue weighted by molar-refractivity contribution is 0.318. The molecule has 1 aliphatic heterocycles. The van der Waals surface area contributed by atoms with Gasteiger partial charge < -0.3 is 4.90 Å². The van der Waals surface area contributed by atoms with E-state index in [0.717, 1.165) is 11.6 Å². The number of thiophene rings is 1. The van der Waals surface area contributed by atoms with Crippen molar-refractivity contribution >= 4 is 33.0 Å². The van der Waals surface area contributed by atoms with Crippen molar-refractivity contribution in [2.75, 3.05) is 13.6 Å². The van der Waals surface area contributed by atoms with E-state index in [-0.39, 0.29) is 0 Å². The molecular weight excluding hydrogens is 226 g/mol. The molecule has 1 nitrogen and oxygen atoms in total. The van der Waals surface area contributed by atoms with E-state index in [1.54, 1.807) is 5.56 Å². The lowest BCUT2D eigenvalue weighted by Crippen LogP contribution is -2.25. The lowest BCUT2D eigenvalue weighted by atomic mass is 10.0. The Bertz CT molecular complexity index is 518. The van der Waals surface area contributed by atoms with E-state index < -0.39 is 0 Å². The van der Waals surface area contributed by atoms with Crippen LogP contribution < -0.4 is 0 Å². The quantitative estimate of drug-likeness (QED) is 0.678. The molecule has 1 aromatic carbocycles. The minimum absolute atomic E-state index is 0.842. The second-order valence-electron chi connectivity index (χ2n) is 4.13. The SMILES string of the molecule is CN1CCc2c(sc3cc(Cl)ccc23)C1. The minimum Gasteiger partial charge on any atom is -0.301 e. The average molecular weight is 238 g/mol. The van der Waals surface area contributed by atoms with Crippen LogP contribution in [0.4, 0.5) is 0 Å². The third-order valence-electron chi connectivity index (χ3n) is 3.00. The second kappa shape index (κ2) is 3.48. The van der Waals surface area contributed by atoms with E-state index in [2.05, 4.69) is 24.1 Å². The molecule has 0 bridgehead atoms. The minimum atomic E-state index is 0.842. The molecule has 2 aromatic rings. The Balaban J connectivity index is 2.23. The summed E-state index contributed by atoms with van der Waals surface area (Å²) in [6.07, 6.45) is 1.17. The van der Waals surface area contributed by atoms with E-state index in [0.29, 0.717) is 0 Å². The normalized spacial score (nSPS) is 16.9. The van der Waals surface area contributed by atoms with E-state index in [1.165, 1.54) is 27.9 Å². The molecule has 0 fully saturated rings. The highest BCUT2D eigenvalue weighted by molar-refractivity contribution is 7.19. The smallest absolute Gasteiger partial charge is 0.0420 e. The predicted octanol–water partition coefficient (Wildman–Crippen LogP) is 3.54. The summed E-state index contributed by atoms with van der Waals surface area (Å²) in [6.45, 7) is 2.26. The first-order valence-corrected chi connectivity index (χ1v) is 6.32. The van der Waals surface area contributed by atoms with E-state index in [1.807, 2.05) is 17.4 Å². The van der Waals surface area contributed by atoms with Crippen molar-refractivity contribution in [3.8, 4) is 0 Å². The lowest BCUT2D eigenvalue weighted by Gasteiger charge is -2.21. The van der Waals surface area contributed by atoms with Crippen LogP contribution >= 0.6 is 22.9 Å². The topological polar surface area (TPSA) is 3.24 Å². The molecule has 0 amide bonds. The highest BCUT2D eigenvalue weighted by Crippen LogP contribution is 2.36. The first-order chi connectivity index (χ1) is 7.24. The Kier molecular flexibility index (Phi) is 2.23. The van der Waals surface area contributed by atoms with Gasteiger partial charge in [-0.25, -0.2) is 0 Å². The summed E-state index contributed by atoms with van der Waals surface area (Å²) in [5.74, 6) is 0. The predicted molar refractivity (Wildman–Crippen MR) is 66.9 cm³/mol. The molecule has 78 valence electrons. The van der Waals surface area contributed by atoms with Gasteiger partial charge in [-0.05, 0) is 36.6 Å². The van der Waals surface area contributed by atoms with Gasteiger partial charge in [-0.15, -0.1) is 11.3 Å². The third kappa shape index (κ3) is 1.57. The van der Waals surface area contributed by atoms with Gasteiger partial charge in [0.1, 0.15) is 0 Å². The first-order valence-electron chi connectivity index (χ1n) is 5.12. The molecule has 3 rings (SSSR count). The van der Waals surface area contributed by atoms with E-state index in [9.17, 15) is 0 Å². The Labute approximate surface area is 98.3 Å². The van der Waals surface area contributed by atoms with Crippen LogP contribution in [0.2, 0.25) is 5.02 Å². The van der Waals surface area contributed by atoms with Crippen molar-refractivity contribution in [2.24, 2.45) is 0 Å². The number of rotatable bonds is 0. The Morgan fingerprint density at radius 2 is 2.27 bits per heavy atom. The summed E-state index contributed by atoms with van der Waals surface area (Å²) in [5.41, 5.74) is 1.55. The third-order valence-corrected chi connectivity index (χ3v) is 4.41. The Morgan fingerprint density at radius 3 is 3.13 bits per heavy atom. The fraction of sp³-hybridized carbons (Fsp3) is 0.333. The zero-order chi connectivity index (χ0) is 10.4. The molecule has 0 N–H and O–H groups in total. The molecular formula is C12H12ClNS. The molecule has 2 heterocycles. The van der Waals surface area contributed by atoms with Crippen molar-refractivity contribution < 1.29 is 0 Å². The van der Waals surface area contributed by atoms with E-state index in [4.69, 9.17) is 11.6 Å². The van der Waals surface area contributed by atoms with Crippen molar-refractivity contribution in [2.45, 2.75) is 13.0 Å². The largest absolute Gasteiger partial charge is 0.301 e. The van der Waals surface area contributed by atoms with Gasteiger partial charge in [0.25, 0.3) is 0 Å². The number of nitrogens with zero attached hydrogens (tertiary/aromatic N) is 1. The van der Waals surface area contributed by atoms with Gasteiger partial charge in [0, 0.05) is 27.7 Å². The molecule has 3 heteroatoms. The zero-order valence-electron chi connectivity index (χ0n) is 8.59. The number of halogens is 1. The first kappa shape index (κ1) is 9.64. The fourth-order valence-electron chi connectivity index (χ4n) is 2.20. The van der Waals surface area contributed by atoms with E-state index >= 15 is 0 Å². The van der Waals surface area contributed by atoms with Crippen molar-refractivity contribution in [3.63, 3.8) is 0 Å². The van der Waals surface area contributed by atoms with Crippen LogP contribution in [0.25, 0.3) is 10.1 Å². The van der Waals surface area contributed by atoms with Crippen LogP contribution in [0.5, 0.6) is 0 Å². The molecule has 1 aliphatic rings. The number of hydrogen-bond acceptors (Lipinski definition) is 2. The molecule has 0 atom stereocenters. The standard InChI is InChI=1S/C12H12ClNS/c1-14-5-4-10-9-3-2-8(13)6-11(9)15-12(10)7-14/h2-3,6H,4-5,7H2,1H3. The van der Waals surface area contributed by atoms with Crippen LogP contribution in [-0.2, 0) is 13.0 Å². The van der Waals surface area contributed by atoms with Gasteiger partial charge in [-0.3, -0.25) is 0 Å². The van der Waals surface area contributed by atoms with Gasteiger partial charge in [-0.1, -0.05) is 17.7 Å². The maximum Gasteiger partial charge on any atom is 0.0420 e. The van der Waals surface area contributed by atoms with Crippen molar-refractivity contribution in [1.29, 1.82) is 0 Å². The summed E-state index contributed by atoms with van der Waals surface area (Å²) >= 11 is 7.90. The molecule has 15 heavy (non-hydrogen) atoms. The van der Waals surface area contributed by atoms with Crippen LogP contribution in [0.3, 0.4) is 0 Å². The summed E-state index contributed by atoms with van der Waals surface area (Å²) in [6, 6.07) is 6.24. The van der Waals surface area contributed by atoms with Crippen LogP contribution in [0, 0.1) is 0 Å². The molecule has 0 radical (unpaired) electrons. The van der Waals surface area contributed by atoms with Gasteiger partial charge in [0.2, 0.25) is 0 Å². The summed E-state index contributed by atoms with van der Waals surface area (Å²) < 4.78 is 1.34. The molecule has 0 spiro atoms. The maximum absolute atomic E-state index is 6.01. The molecule has 0 saturated carbocycles. The van der Waals surface area contributed by atoms with Crippen molar-refractivity contribution in [1.82, 2.24) is 4.90 Å². The summed E-state index contributed by atoms with van der Waals surface area (Å²) in [5, 5.41) is 2.25. The van der Waals surface area contributed by atoms with Gasteiger partial charge in [0.15, 0.2) is 0 Å². The van der Waals surface area contributed by atoms with Crippen molar-refractivity contribution in [3.05, 3.63) is 33.7 Å². The Hall–Kier alpha value is -0.570. The van der Waals surface area contributed by atoms with Gasteiger partial charge in [-0.2, -0.15) is 0 Å². The Morgan fingerprint density at radius 1 is 1.40 bits per heavy atom. The van der Waals surface area contributed by atoms with Crippen LogP contribution in [0.1, 0.15) is 10.4 Å². The average Bonchev–Trinajstić information content (AvgIpc) is 2.53. The highest BCUT2D eigenvalue weighted by atomic mass is 35.5. The number of hydrogen-bond donors (Lipinski definition) is 0.